The number of sulfonamides is 1. The van der Waals surface area contributed by atoms with Crippen LogP contribution in [0.25, 0.3) is 0 Å². The average molecular weight is 289 g/mol. The van der Waals surface area contributed by atoms with Gasteiger partial charge in [-0.1, -0.05) is 25.4 Å². The molecule has 0 unspecified atom stereocenters. The SMILES string of the molecule is CC1(C)CCN(S(=O)(=O)c2ccc(Cl)cc2N)C1. The van der Waals surface area contributed by atoms with Gasteiger partial charge in [0.1, 0.15) is 4.90 Å². The van der Waals surface area contributed by atoms with Crippen LogP contribution in [-0.4, -0.2) is 25.8 Å². The number of nitrogens with two attached hydrogens (primary N) is 1. The van der Waals surface area contributed by atoms with Crippen molar-refractivity contribution in [1.82, 2.24) is 4.31 Å². The van der Waals surface area contributed by atoms with Crippen LogP contribution in [0, 0.1) is 5.41 Å². The molecule has 2 rings (SSSR count). The van der Waals surface area contributed by atoms with E-state index in [1.807, 2.05) is 0 Å². The Bertz CT molecular complexity index is 569. The summed E-state index contributed by atoms with van der Waals surface area (Å²) in [4.78, 5) is 0.143. The van der Waals surface area contributed by atoms with Gasteiger partial charge in [-0.2, -0.15) is 4.31 Å². The number of hydrogen-bond donors (Lipinski definition) is 1. The molecule has 0 spiro atoms. The van der Waals surface area contributed by atoms with Gasteiger partial charge in [-0.15, -0.1) is 0 Å². The number of benzene rings is 1. The fraction of sp³-hybridized carbons (Fsp3) is 0.500. The second kappa shape index (κ2) is 4.40. The second-order valence-electron chi connectivity index (χ2n) is 5.43. The number of hydrogen-bond acceptors (Lipinski definition) is 3. The van der Waals surface area contributed by atoms with Gasteiger partial charge < -0.3 is 5.73 Å². The average Bonchev–Trinajstić information content (AvgIpc) is 2.58. The number of nitrogen functional groups attached to an aromatic ring is 1. The molecule has 0 aliphatic carbocycles. The van der Waals surface area contributed by atoms with Crippen molar-refractivity contribution in [3.8, 4) is 0 Å². The molecule has 0 aromatic heterocycles. The molecule has 4 nitrogen and oxygen atoms in total. The molecule has 1 heterocycles. The van der Waals surface area contributed by atoms with Crippen molar-refractivity contribution in [3.05, 3.63) is 23.2 Å². The Labute approximate surface area is 113 Å². The molecule has 0 amide bonds. The minimum atomic E-state index is -3.51. The van der Waals surface area contributed by atoms with Crippen molar-refractivity contribution < 1.29 is 8.42 Å². The lowest BCUT2D eigenvalue weighted by Crippen LogP contribution is -2.30. The van der Waals surface area contributed by atoms with E-state index in [1.165, 1.54) is 16.4 Å². The zero-order chi connectivity index (χ0) is 13.6. The summed E-state index contributed by atoms with van der Waals surface area (Å²) in [6.07, 6.45) is 0.861. The highest BCUT2D eigenvalue weighted by Gasteiger charge is 2.37. The zero-order valence-electron chi connectivity index (χ0n) is 10.5. The maximum absolute atomic E-state index is 12.5. The smallest absolute Gasteiger partial charge is 0.245 e. The van der Waals surface area contributed by atoms with Crippen LogP contribution in [0.2, 0.25) is 5.02 Å². The minimum absolute atomic E-state index is 0.0221. The highest BCUT2D eigenvalue weighted by molar-refractivity contribution is 7.89. The van der Waals surface area contributed by atoms with Crippen molar-refractivity contribution in [1.29, 1.82) is 0 Å². The van der Waals surface area contributed by atoms with Gasteiger partial charge in [-0.05, 0) is 30.0 Å². The lowest BCUT2D eigenvalue weighted by Gasteiger charge is -2.20. The highest BCUT2D eigenvalue weighted by Crippen LogP contribution is 2.34. The standard InChI is InChI=1S/C12H17ClN2O2S/c1-12(2)5-6-15(8-12)18(16,17)11-4-3-9(13)7-10(11)14/h3-4,7H,5-6,8,14H2,1-2H3. The van der Waals surface area contributed by atoms with Gasteiger partial charge in [0.05, 0.1) is 5.69 Å². The van der Waals surface area contributed by atoms with E-state index in [1.54, 1.807) is 6.07 Å². The first-order valence-corrected chi connectivity index (χ1v) is 7.59. The third-order valence-electron chi connectivity index (χ3n) is 3.23. The zero-order valence-corrected chi connectivity index (χ0v) is 12.1. The van der Waals surface area contributed by atoms with E-state index in [4.69, 9.17) is 17.3 Å². The predicted octanol–water partition coefficient (Wildman–Crippen LogP) is 2.34. The first kappa shape index (κ1) is 13.6. The van der Waals surface area contributed by atoms with Gasteiger partial charge in [0.25, 0.3) is 0 Å². The molecule has 0 radical (unpaired) electrons. The molecule has 0 atom stereocenters. The van der Waals surface area contributed by atoms with Crippen LogP contribution in [0.1, 0.15) is 20.3 Å². The van der Waals surface area contributed by atoms with Crippen molar-refractivity contribution in [2.75, 3.05) is 18.8 Å². The van der Waals surface area contributed by atoms with Gasteiger partial charge >= 0.3 is 0 Å². The molecule has 1 aliphatic heterocycles. The summed E-state index contributed by atoms with van der Waals surface area (Å²) in [5.41, 5.74) is 5.98. The first-order chi connectivity index (χ1) is 8.22. The van der Waals surface area contributed by atoms with Crippen LogP contribution in [-0.2, 0) is 10.0 Å². The third kappa shape index (κ3) is 2.48. The molecule has 6 heteroatoms. The summed E-state index contributed by atoms with van der Waals surface area (Å²) < 4.78 is 26.4. The van der Waals surface area contributed by atoms with Gasteiger partial charge in [-0.25, -0.2) is 8.42 Å². The molecule has 18 heavy (non-hydrogen) atoms. The second-order valence-corrected chi connectivity index (χ2v) is 7.78. The third-order valence-corrected chi connectivity index (χ3v) is 5.39. The van der Waals surface area contributed by atoms with Crippen molar-refractivity contribution in [3.63, 3.8) is 0 Å². The van der Waals surface area contributed by atoms with Crippen molar-refractivity contribution in [2.45, 2.75) is 25.2 Å². The fourth-order valence-corrected chi connectivity index (χ4v) is 4.07. The largest absolute Gasteiger partial charge is 0.398 e. The summed E-state index contributed by atoms with van der Waals surface area (Å²) in [7, 11) is -3.51. The number of nitrogens with zero attached hydrogens (tertiary/aromatic N) is 1. The van der Waals surface area contributed by atoms with E-state index in [2.05, 4.69) is 13.8 Å². The van der Waals surface area contributed by atoms with Crippen LogP contribution in [0.5, 0.6) is 0 Å². The van der Waals surface area contributed by atoms with E-state index in [0.29, 0.717) is 18.1 Å². The molecule has 1 aromatic rings. The molecule has 0 saturated carbocycles. The molecule has 1 fully saturated rings. The van der Waals surface area contributed by atoms with E-state index in [-0.39, 0.29) is 16.0 Å². The van der Waals surface area contributed by atoms with Crippen LogP contribution in [0.15, 0.2) is 23.1 Å². The predicted molar refractivity (Wildman–Crippen MR) is 73.0 cm³/mol. The lowest BCUT2D eigenvalue weighted by molar-refractivity contribution is 0.375. The summed E-state index contributed by atoms with van der Waals surface area (Å²) in [5, 5.41) is 0.438. The molecule has 2 N–H and O–H groups in total. The molecule has 1 saturated heterocycles. The summed E-state index contributed by atoms with van der Waals surface area (Å²) in [6.45, 7) is 5.19. The van der Waals surface area contributed by atoms with Crippen molar-refractivity contribution >= 4 is 27.3 Å². The van der Waals surface area contributed by atoms with E-state index < -0.39 is 10.0 Å². The Kier molecular flexibility index (Phi) is 3.34. The van der Waals surface area contributed by atoms with E-state index in [0.717, 1.165) is 6.42 Å². The van der Waals surface area contributed by atoms with E-state index >= 15 is 0 Å². The lowest BCUT2D eigenvalue weighted by atomic mass is 9.93. The molecule has 1 aliphatic rings. The topological polar surface area (TPSA) is 63.4 Å². The Hall–Kier alpha value is -0.780. The van der Waals surface area contributed by atoms with Gasteiger partial charge in [0.15, 0.2) is 0 Å². The Morgan fingerprint density at radius 3 is 2.56 bits per heavy atom. The Balaban J connectivity index is 2.38. The number of halogens is 1. The molecule has 1 aromatic carbocycles. The van der Waals surface area contributed by atoms with Gasteiger partial charge in [0, 0.05) is 18.1 Å². The summed E-state index contributed by atoms with van der Waals surface area (Å²) in [5.74, 6) is 0. The number of rotatable bonds is 2. The normalized spacial score (nSPS) is 20.2. The van der Waals surface area contributed by atoms with Crippen LogP contribution in [0.4, 0.5) is 5.69 Å². The Morgan fingerprint density at radius 1 is 1.39 bits per heavy atom. The number of anilines is 1. The van der Waals surface area contributed by atoms with Crippen LogP contribution < -0.4 is 5.73 Å². The Morgan fingerprint density at radius 2 is 2.06 bits per heavy atom. The van der Waals surface area contributed by atoms with E-state index in [9.17, 15) is 8.42 Å². The molecular weight excluding hydrogens is 272 g/mol. The highest BCUT2D eigenvalue weighted by atomic mass is 35.5. The summed E-state index contributed by atoms with van der Waals surface area (Å²) >= 11 is 5.78. The molecular formula is C12H17ClN2O2S. The minimum Gasteiger partial charge on any atom is -0.398 e. The monoisotopic (exact) mass is 288 g/mol. The fourth-order valence-electron chi connectivity index (χ4n) is 2.16. The maximum atomic E-state index is 12.5. The van der Waals surface area contributed by atoms with Gasteiger partial charge in [-0.3, -0.25) is 0 Å². The summed E-state index contributed by atoms with van der Waals surface area (Å²) in [6, 6.07) is 4.49. The maximum Gasteiger partial charge on any atom is 0.245 e. The van der Waals surface area contributed by atoms with Crippen LogP contribution in [0.3, 0.4) is 0 Å². The van der Waals surface area contributed by atoms with Crippen molar-refractivity contribution in [2.24, 2.45) is 5.41 Å². The van der Waals surface area contributed by atoms with Crippen LogP contribution >= 0.6 is 11.6 Å². The molecule has 100 valence electrons. The quantitative estimate of drug-likeness (QED) is 0.850. The molecule has 0 bridgehead atoms. The van der Waals surface area contributed by atoms with Gasteiger partial charge in [0.2, 0.25) is 10.0 Å². The first-order valence-electron chi connectivity index (χ1n) is 5.78.